The average molecular weight is 528 g/mol. The number of nitrogens with zero attached hydrogens (tertiary/aromatic N) is 2. The largest absolute Gasteiger partial charge is 0.417 e. The van der Waals surface area contributed by atoms with E-state index < -0.39 is 49.6 Å². The SMILES string of the molecule is CCCS(=O)(=O)N1CCN(C2(CNC(=O)c3ccc(C(F)(F)F)c(Cl)c3F)CCCCC2)CC1. The highest BCUT2D eigenvalue weighted by atomic mass is 35.5. The van der Waals surface area contributed by atoms with E-state index in [0.29, 0.717) is 38.7 Å². The lowest BCUT2D eigenvalue weighted by molar-refractivity contribution is -0.137. The molecule has 1 aromatic carbocycles. The minimum Gasteiger partial charge on any atom is -0.350 e. The van der Waals surface area contributed by atoms with Crippen LogP contribution in [0.15, 0.2) is 12.1 Å². The molecule has 0 bridgehead atoms. The smallest absolute Gasteiger partial charge is 0.350 e. The van der Waals surface area contributed by atoms with Gasteiger partial charge >= 0.3 is 6.18 Å². The van der Waals surface area contributed by atoms with Gasteiger partial charge < -0.3 is 5.32 Å². The fourth-order valence-electron chi connectivity index (χ4n) is 4.93. The third-order valence-electron chi connectivity index (χ3n) is 6.76. The Hall–Kier alpha value is -1.43. The van der Waals surface area contributed by atoms with Gasteiger partial charge in [0.05, 0.1) is 21.9 Å². The average Bonchev–Trinajstić information content (AvgIpc) is 2.79. The predicted molar refractivity (Wildman–Crippen MR) is 122 cm³/mol. The molecule has 0 aromatic heterocycles. The Kier molecular flexibility index (Phi) is 8.53. The van der Waals surface area contributed by atoms with E-state index in [4.69, 9.17) is 11.6 Å². The molecule has 1 aliphatic heterocycles. The lowest BCUT2D eigenvalue weighted by atomic mass is 9.79. The Morgan fingerprint density at radius 2 is 1.74 bits per heavy atom. The summed E-state index contributed by atoms with van der Waals surface area (Å²) in [6.07, 6.45) is 0.199. The van der Waals surface area contributed by atoms with E-state index in [0.717, 1.165) is 38.2 Å². The molecule has 192 valence electrons. The predicted octanol–water partition coefficient (Wildman–Crippen LogP) is 4.29. The van der Waals surface area contributed by atoms with Gasteiger partial charge in [-0.25, -0.2) is 12.8 Å². The van der Waals surface area contributed by atoms with Crippen molar-refractivity contribution in [3.63, 3.8) is 0 Å². The Morgan fingerprint density at radius 1 is 1.12 bits per heavy atom. The molecule has 0 radical (unpaired) electrons. The zero-order valence-corrected chi connectivity index (χ0v) is 20.6. The Morgan fingerprint density at radius 3 is 2.29 bits per heavy atom. The molecule has 0 atom stereocenters. The number of halogens is 5. The third kappa shape index (κ3) is 5.85. The number of rotatable bonds is 7. The molecule has 1 amide bonds. The summed E-state index contributed by atoms with van der Waals surface area (Å²) in [5, 5.41) is 1.57. The number of piperazine rings is 1. The molecule has 1 N–H and O–H groups in total. The summed E-state index contributed by atoms with van der Waals surface area (Å²) in [6.45, 7) is 3.76. The highest BCUT2D eigenvalue weighted by molar-refractivity contribution is 7.89. The van der Waals surface area contributed by atoms with Crippen molar-refractivity contribution in [1.82, 2.24) is 14.5 Å². The van der Waals surface area contributed by atoms with Crippen molar-refractivity contribution >= 4 is 27.5 Å². The second kappa shape index (κ2) is 10.7. The molecule has 6 nitrogen and oxygen atoms in total. The van der Waals surface area contributed by atoms with E-state index >= 15 is 0 Å². The third-order valence-corrected chi connectivity index (χ3v) is 9.21. The number of sulfonamides is 1. The van der Waals surface area contributed by atoms with Gasteiger partial charge in [0.15, 0.2) is 5.82 Å². The number of hydrogen-bond donors (Lipinski definition) is 1. The van der Waals surface area contributed by atoms with Gasteiger partial charge in [-0.1, -0.05) is 37.8 Å². The van der Waals surface area contributed by atoms with E-state index in [1.54, 1.807) is 0 Å². The standard InChI is InChI=1S/C22H30ClF4N3O3S/c1-2-14-34(32,33)30-12-10-29(11-13-30)21(8-4-3-5-9-21)15-28-20(31)16-6-7-17(22(25,26)27)18(23)19(16)24/h6-7H,2-5,8-15H2,1H3,(H,28,31). The van der Waals surface area contributed by atoms with Gasteiger partial charge in [0.25, 0.3) is 5.91 Å². The first-order chi connectivity index (χ1) is 15.9. The number of amides is 1. The Bertz CT molecular complexity index is 990. The van der Waals surface area contributed by atoms with Crippen LogP contribution in [-0.4, -0.2) is 67.5 Å². The fourth-order valence-corrected chi connectivity index (χ4v) is 6.69. The van der Waals surface area contributed by atoms with Gasteiger partial charge in [-0.2, -0.15) is 17.5 Å². The van der Waals surface area contributed by atoms with Crippen molar-refractivity contribution in [2.45, 2.75) is 57.2 Å². The van der Waals surface area contributed by atoms with Crippen LogP contribution in [0, 0.1) is 5.82 Å². The zero-order chi connectivity index (χ0) is 25.1. The molecule has 1 aliphatic carbocycles. The number of carbonyl (C=O) groups excluding carboxylic acids is 1. The summed E-state index contributed by atoms with van der Waals surface area (Å²) >= 11 is 5.56. The van der Waals surface area contributed by atoms with Gasteiger partial charge in [0.2, 0.25) is 10.0 Å². The second-order valence-electron chi connectivity index (χ2n) is 8.96. The van der Waals surface area contributed by atoms with Gasteiger partial charge in [0, 0.05) is 38.3 Å². The molecule has 1 aromatic rings. The van der Waals surface area contributed by atoms with Crippen molar-refractivity contribution in [2.24, 2.45) is 0 Å². The van der Waals surface area contributed by atoms with Crippen molar-refractivity contribution in [3.05, 3.63) is 34.1 Å². The molecular formula is C22H30ClF4N3O3S. The summed E-state index contributed by atoms with van der Waals surface area (Å²) < 4.78 is 79.7. The Balaban J connectivity index is 1.72. The first kappa shape index (κ1) is 27.2. The first-order valence-corrected chi connectivity index (χ1v) is 13.5. The molecule has 0 unspecified atom stereocenters. The van der Waals surface area contributed by atoms with Gasteiger partial charge in [0.1, 0.15) is 0 Å². The number of hydrogen-bond acceptors (Lipinski definition) is 4. The number of benzene rings is 1. The maximum Gasteiger partial charge on any atom is 0.417 e. The van der Waals surface area contributed by atoms with Gasteiger partial charge in [-0.05, 0) is 31.4 Å². The second-order valence-corrected chi connectivity index (χ2v) is 11.4. The van der Waals surface area contributed by atoms with E-state index in [9.17, 15) is 30.8 Å². The van der Waals surface area contributed by atoms with E-state index in [1.165, 1.54) is 4.31 Å². The topological polar surface area (TPSA) is 69.7 Å². The van der Waals surface area contributed by atoms with Crippen molar-refractivity contribution in [3.8, 4) is 0 Å². The van der Waals surface area contributed by atoms with Crippen LogP contribution in [0.3, 0.4) is 0 Å². The fraction of sp³-hybridized carbons (Fsp3) is 0.682. The monoisotopic (exact) mass is 527 g/mol. The molecule has 2 aliphatic rings. The summed E-state index contributed by atoms with van der Waals surface area (Å²) in [5.74, 6) is -2.13. The lowest BCUT2D eigenvalue weighted by Gasteiger charge is -2.49. The molecule has 3 rings (SSSR count). The first-order valence-electron chi connectivity index (χ1n) is 11.5. The van der Waals surface area contributed by atoms with Crippen molar-refractivity contribution in [2.75, 3.05) is 38.5 Å². The lowest BCUT2D eigenvalue weighted by Crippen LogP contribution is -2.62. The van der Waals surface area contributed by atoms with Crippen LogP contribution in [0.2, 0.25) is 5.02 Å². The molecule has 0 spiro atoms. The van der Waals surface area contributed by atoms with E-state index in [2.05, 4.69) is 10.2 Å². The zero-order valence-electron chi connectivity index (χ0n) is 19.1. The van der Waals surface area contributed by atoms with Crippen LogP contribution in [0.1, 0.15) is 61.4 Å². The minimum atomic E-state index is -4.83. The van der Waals surface area contributed by atoms with Gasteiger partial charge in [-0.15, -0.1) is 0 Å². The van der Waals surface area contributed by atoms with Crippen molar-refractivity contribution < 1.29 is 30.8 Å². The van der Waals surface area contributed by atoms with E-state index in [1.807, 2.05) is 6.92 Å². The van der Waals surface area contributed by atoms with Crippen LogP contribution in [-0.2, 0) is 16.2 Å². The van der Waals surface area contributed by atoms with Crippen LogP contribution < -0.4 is 5.32 Å². The quantitative estimate of drug-likeness (QED) is 0.537. The Labute approximate surface area is 202 Å². The molecular weight excluding hydrogens is 498 g/mol. The van der Waals surface area contributed by atoms with E-state index in [-0.39, 0.29) is 12.3 Å². The summed E-state index contributed by atoms with van der Waals surface area (Å²) in [7, 11) is -3.29. The molecule has 12 heteroatoms. The summed E-state index contributed by atoms with van der Waals surface area (Å²) in [6, 6.07) is 1.40. The van der Waals surface area contributed by atoms with Crippen LogP contribution >= 0.6 is 11.6 Å². The maximum absolute atomic E-state index is 14.5. The molecule has 2 fully saturated rings. The summed E-state index contributed by atoms with van der Waals surface area (Å²) in [5.41, 5.74) is -2.29. The van der Waals surface area contributed by atoms with Crippen molar-refractivity contribution in [1.29, 1.82) is 0 Å². The van der Waals surface area contributed by atoms with Crippen LogP contribution in [0.4, 0.5) is 17.6 Å². The highest BCUT2D eigenvalue weighted by Gasteiger charge is 2.41. The van der Waals surface area contributed by atoms with Crippen LogP contribution in [0.5, 0.6) is 0 Å². The maximum atomic E-state index is 14.5. The number of nitrogens with one attached hydrogen (secondary N) is 1. The molecule has 1 heterocycles. The number of alkyl halides is 3. The normalized spacial score (nSPS) is 20.3. The minimum absolute atomic E-state index is 0.107. The summed E-state index contributed by atoms with van der Waals surface area (Å²) in [4.78, 5) is 14.9. The van der Waals surface area contributed by atoms with Gasteiger partial charge in [-0.3, -0.25) is 9.69 Å². The number of carbonyl (C=O) groups is 1. The molecule has 1 saturated carbocycles. The molecule has 34 heavy (non-hydrogen) atoms. The molecule has 1 saturated heterocycles. The highest BCUT2D eigenvalue weighted by Crippen LogP contribution is 2.37. The van der Waals surface area contributed by atoms with Crippen LogP contribution in [0.25, 0.3) is 0 Å².